The third-order valence-corrected chi connectivity index (χ3v) is 4.83. The number of carbonyl (C=O) groups is 2. The lowest BCUT2D eigenvalue weighted by Gasteiger charge is -2.37. The van der Waals surface area contributed by atoms with Crippen molar-refractivity contribution in [2.75, 3.05) is 39.8 Å². The fraction of sp³-hybridized carbons (Fsp3) is 0.875. The zero-order valence-electron chi connectivity index (χ0n) is 13.6. The summed E-state index contributed by atoms with van der Waals surface area (Å²) in [6, 6.07) is 0. The van der Waals surface area contributed by atoms with E-state index in [4.69, 9.17) is 0 Å². The molecular weight excluding hydrogens is 287 g/mol. The molecule has 0 aromatic rings. The van der Waals surface area contributed by atoms with Crippen LogP contribution < -0.4 is 0 Å². The Bertz CT molecular complexity index is 397. The number of ether oxygens (including phenoxy) is 1. The molecule has 0 aromatic heterocycles. The molecule has 0 bridgehead atoms. The van der Waals surface area contributed by atoms with Crippen molar-refractivity contribution in [1.82, 2.24) is 9.80 Å². The second-order valence-electron chi connectivity index (χ2n) is 6.60. The Balaban J connectivity index is 1.84. The van der Waals surface area contributed by atoms with Crippen LogP contribution >= 0.6 is 0 Å². The van der Waals surface area contributed by atoms with Gasteiger partial charge in [0.1, 0.15) is 0 Å². The lowest BCUT2D eigenvalue weighted by Crippen LogP contribution is -2.48. The van der Waals surface area contributed by atoms with E-state index in [1.807, 2.05) is 9.80 Å². The van der Waals surface area contributed by atoms with Crippen molar-refractivity contribution in [2.45, 2.75) is 38.8 Å². The molecule has 0 N–H and O–H groups in total. The smallest absolute Gasteiger partial charge is 0.341 e. The van der Waals surface area contributed by atoms with E-state index in [9.17, 15) is 14.0 Å². The van der Waals surface area contributed by atoms with Crippen LogP contribution in [0.2, 0.25) is 0 Å². The number of nitrogens with zero attached hydrogens (tertiary/aromatic N) is 2. The van der Waals surface area contributed by atoms with Crippen LogP contribution in [0.15, 0.2) is 0 Å². The third-order valence-electron chi connectivity index (χ3n) is 4.83. The summed E-state index contributed by atoms with van der Waals surface area (Å²) in [7, 11) is 1.19. The molecule has 0 spiro atoms. The summed E-state index contributed by atoms with van der Waals surface area (Å²) in [6.45, 7) is 5.20. The summed E-state index contributed by atoms with van der Waals surface area (Å²) in [5, 5.41) is 0. The standard InChI is InChI=1S/C16H27FN2O3/c1-12-5-8-19(9-6-12)15(20)13-4-3-7-18(10-13)11-14(17)16(21)22-2/h12-14H,3-11H2,1-2H3. The first-order valence-electron chi connectivity index (χ1n) is 8.24. The minimum Gasteiger partial charge on any atom is -0.467 e. The molecule has 6 heteroatoms. The van der Waals surface area contributed by atoms with Crippen molar-refractivity contribution in [1.29, 1.82) is 0 Å². The fourth-order valence-electron chi connectivity index (χ4n) is 3.34. The first-order chi connectivity index (χ1) is 10.5. The first kappa shape index (κ1) is 17.2. The molecule has 2 rings (SSSR count). The topological polar surface area (TPSA) is 49.9 Å². The summed E-state index contributed by atoms with van der Waals surface area (Å²) < 4.78 is 18.1. The van der Waals surface area contributed by atoms with E-state index in [1.54, 1.807) is 0 Å². The summed E-state index contributed by atoms with van der Waals surface area (Å²) in [5.74, 6) is -0.00481. The Morgan fingerprint density at radius 2 is 1.91 bits per heavy atom. The van der Waals surface area contributed by atoms with Crippen molar-refractivity contribution in [3.8, 4) is 0 Å². The van der Waals surface area contributed by atoms with Crippen molar-refractivity contribution < 1.29 is 18.7 Å². The lowest BCUT2D eigenvalue weighted by molar-refractivity contribution is -0.147. The third kappa shape index (κ3) is 4.41. The number of alkyl halides is 1. The highest BCUT2D eigenvalue weighted by Gasteiger charge is 2.32. The van der Waals surface area contributed by atoms with Gasteiger partial charge in [-0.05, 0) is 38.1 Å². The molecular formula is C16H27FN2O3. The summed E-state index contributed by atoms with van der Waals surface area (Å²) in [5.41, 5.74) is 0. The molecule has 0 aromatic carbocycles. The Morgan fingerprint density at radius 1 is 1.23 bits per heavy atom. The van der Waals surface area contributed by atoms with E-state index in [0.29, 0.717) is 12.5 Å². The Labute approximate surface area is 131 Å². The Kier molecular flexibility index (Phi) is 6.17. The number of piperidine rings is 2. The van der Waals surface area contributed by atoms with E-state index < -0.39 is 12.1 Å². The van der Waals surface area contributed by atoms with Gasteiger partial charge in [0, 0.05) is 26.2 Å². The number of hydrogen-bond acceptors (Lipinski definition) is 4. The average molecular weight is 314 g/mol. The highest BCUT2D eigenvalue weighted by molar-refractivity contribution is 5.79. The number of carbonyl (C=O) groups excluding carboxylic acids is 2. The van der Waals surface area contributed by atoms with Crippen LogP contribution in [0.1, 0.15) is 32.6 Å². The molecule has 0 radical (unpaired) electrons. The van der Waals surface area contributed by atoms with Gasteiger partial charge in [0.15, 0.2) is 0 Å². The number of esters is 1. The molecule has 22 heavy (non-hydrogen) atoms. The Hall–Kier alpha value is -1.17. The minimum absolute atomic E-state index is 0.0213. The maximum Gasteiger partial charge on any atom is 0.341 e. The summed E-state index contributed by atoms with van der Waals surface area (Å²) in [4.78, 5) is 27.6. The fourth-order valence-corrected chi connectivity index (χ4v) is 3.34. The number of rotatable bonds is 4. The van der Waals surface area contributed by atoms with E-state index in [-0.39, 0.29) is 18.4 Å². The van der Waals surface area contributed by atoms with Gasteiger partial charge >= 0.3 is 5.97 Å². The second-order valence-corrected chi connectivity index (χ2v) is 6.60. The SMILES string of the molecule is COC(=O)C(F)CN1CCCC(C(=O)N2CCC(C)CC2)C1. The van der Waals surface area contributed by atoms with E-state index >= 15 is 0 Å². The van der Waals surface area contributed by atoms with Gasteiger partial charge in [-0.15, -0.1) is 0 Å². The van der Waals surface area contributed by atoms with Crippen LogP contribution in [0.3, 0.4) is 0 Å². The molecule has 2 fully saturated rings. The van der Waals surface area contributed by atoms with E-state index in [1.165, 1.54) is 7.11 Å². The number of likely N-dealkylation sites (tertiary alicyclic amines) is 2. The van der Waals surface area contributed by atoms with Gasteiger partial charge in [-0.3, -0.25) is 9.69 Å². The maximum atomic E-state index is 13.7. The highest BCUT2D eigenvalue weighted by atomic mass is 19.1. The van der Waals surface area contributed by atoms with Crippen molar-refractivity contribution in [3.63, 3.8) is 0 Å². The molecule has 1 amide bonds. The van der Waals surface area contributed by atoms with Crippen LogP contribution in [0.5, 0.6) is 0 Å². The Morgan fingerprint density at radius 3 is 2.55 bits per heavy atom. The molecule has 2 aliphatic heterocycles. The predicted molar refractivity (Wildman–Crippen MR) is 81.1 cm³/mol. The zero-order valence-corrected chi connectivity index (χ0v) is 13.6. The molecule has 0 aliphatic carbocycles. The largest absolute Gasteiger partial charge is 0.467 e. The first-order valence-corrected chi connectivity index (χ1v) is 8.24. The second kappa shape index (κ2) is 7.90. The number of hydrogen-bond donors (Lipinski definition) is 0. The monoisotopic (exact) mass is 314 g/mol. The molecule has 2 aliphatic rings. The van der Waals surface area contributed by atoms with Crippen LogP contribution in [0.4, 0.5) is 4.39 Å². The predicted octanol–water partition coefficient (Wildman–Crippen LogP) is 1.47. The molecule has 2 heterocycles. The average Bonchev–Trinajstić information content (AvgIpc) is 2.54. The van der Waals surface area contributed by atoms with Crippen LogP contribution in [0.25, 0.3) is 0 Å². The van der Waals surface area contributed by atoms with Gasteiger partial charge in [0.25, 0.3) is 0 Å². The quantitative estimate of drug-likeness (QED) is 0.737. The summed E-state index contributed by atoms with van der Waals surface area (Å²) >= 11 is 0. The number of halogens is 1. The van der Waals surface area contributed by atoms with Gasteiger partial charge < -0.3 is 9.64 Å². The van der Waals surface area contributed by atoms with Gasteiger partial charge in [-0.2, -0.15) is 0 Å². The molecule has 2 unspecified atom stereocenters. The number of methoxy groups -OCH3 is 1. The van der Waals surface area contributed by atoms with Crippen LogP contribution in [-0.4, -0.2) is 67.7 Å². The molecule has 126 valence electrons. The maximum absolute atomic E-state index is 13.7. The van der Waals surface area contributed by atoms with Crippen molar-refractivity contribution in [2.24, 2.45) is 11.8 Å². The molecule has 2 atom stereocenters. The zero-order chi connectivity index (χ0) is 16.1. The lowest BCUT2D eigenvalue weighted by atomic mass is 9.93. The van der Waals surface area contributed by atoms with E-state index in [2.05, 4.69) is 11.7 Å². The van der Waals surface area contributed by atoms with Crippen LogP contribution in [0, 0.1) is 11.8 Å². The van der Waals surface area contributed by atoms with Crippen molar-refractivity contribution >= 4 is 11.9 Å². The van der Waals surface area contributed by atoms with Gasteiger partial charge in [0.05, 0.1) is 13.0 Å². The highest BCUT2D eigenvalue weighted by Crippen LogP contribution is 2.23. The molecule has 2 saturated heterocycles. The van der Waals surface area contributed by atoms with Gasteiger partial charge in [0.2, 0.25) is 12.1 Å². The van der Waals surface area contributed by atoms with Gasteiger partial charge in [-0.25, -0.2) is 9.18 Å². The van der Waals surface area contributed by atoms with Crippen molar-refractivity contribution in [3.05, 3.63) is 0 Å². The van der Waals surface area contributed by atoms with E-state index in [0.717, 1.165) is 45.3 Å². The normalized spacial score (nSPS) is 25.8. The van der Waals surface area contributed by atoms with Crippen LogP contribution in [-0.2, 0) is 14.3 Å². The molecule has 5 nitrogen and oxygen atoms in total. The minimum atomic E-state index is -1.63. The molecule has 0 saturated carbocycles. The number of amides is 1. The van der Waals surface area contributed by atoms with Gasteiger partial charge in [-0.1, -0.05) is 6.92 Å². The summed E-state index contributed by atoms with van der Waals surface area (Å²) in [6.07, 6.45) is 2.23.